The lowest BCUT2D eigenvalue weighted by molar-refractivity contribution is -0.116. The number of aryl methyl sites for hydroxylation is 1. The first kappa shape index (κ1) is 17.7. The summed E-state index contributed by atoms with van der Waals surface area (Å²) in [5.74, 6) is 0.0289. The van der Waals surface area contributed by atoms with Crippen molar-refractivity contribution in [2.24, 2.45) is 0 Å². The van der Waals surface area contributed by atoms with Crippen molar-refractivity contribution < 1.29 is 4.79 Å². The number of nitrogens with zero attached hydrogens (tertiary/aromatic N) is 2. The normalized spacial score (nSPS) is 12.3. The largest absolute Gasteiger partial charge is 0.299 e. The van der Waals surface area contributed by atoms with Gasteiger partial charge in [0, 0.05) is 5.02 Å². The van der Waals surface area contributed by atoms with Gasteiger partial charge in [0.05, 0.1) is 21.8 Å². The summed E-state index contributed by atoms with van der Waals surface area (Å²) in [6, 6.07) is 12.7. The molecule has 0 fully saturated rings. The highest BCUT2D eigenvalue weighted by Gasteiger charge is 2.18. The number of ketones is 1. The van der Waals surface area contributed by atoms with Crippen molar-refractivity contribution in [1.29, 1.82) is 0 Å². The second kappa shape index (κ2) is 7.02. The van der Waals surface area contributed by atoms with Crippen molar-refractivity contribution in [2.45, 2.75) is 31.2 Å². The SMILES string of the molecule is CC(=O)C(C)Sc1nc2cc(Cl)ccc2c(=O)n1-c1cccc(C)c1. The number of thioether (sulfide) groups is 1. The number of carbonyl (C=O) groups excluding carboxylic acids is 1. The van der Waals surface area contributed by atoms with Gasteiger partial charge in [0.25, 0.3) is 5.56 Å². The molecule has 0 saturated heterocycles. The van der Waals surface area contributed by atoms with Gasteiger partial charge >= 0.3 is 0 Å². The molecule has 0 spiro atoms. The molecule has 0 saturated carbocycles. The minimum absolute atomic E-state index is 0.0289. The van der Waals surface area contributed by atoms with Crippen LogP contribution in [-0.4, -0.2) is 20.6 Å². The maximum absolute atomic E-state index is 13.1. The topological polar surface area (TPSA) is 52.0 Å². The van der Waals surface area contributed by atoms with E-state index in [2.05, 4.69) is 4.98 Å². The van der Waals surface area contributed by atoms with E-state index in [1.165, 1.54) is 18.7 Å². The highest BCUT2D eigenvalue weighted by Crippen LogP contribution is 2.26. The summed E-state index contributed by atoms with van der Waals surface area (Å²) in [5.41, 5.74) is 2.12. The average Bonchev–Trinajstić information content (AvgIpc) is 2.54. The summed E-state index contributed by atoms with van der Waals surface area (Å²) < 4.78 is 1.56. The van der Waals surface area contributed by atoms with Gasteiger partial charge < -0.3 is 0 Å². The molecule has 25 heavy (non-hydrogen) atoms. The number of hydrogen-bond donors (Lipinski definition) is 0. The number of rotatable bonds is 4. The zero-order valence-electron chi connectivity index (χ0n) is 14.1. The number of fused-ring (bicyclic) bond motifs is 1. The van der Waals surface area contributed by atoms with Crippen LogP contribution in [0.25, 0.3) is 16.6 Å². The van der Waals surface area contributed by atoms with Crippen LogP contribution in [0.4, 0.5) is 0 Å². The molecule has 4 nitrogen and oxygen atoms in total. The summed E-state index contributed by atoms with van der Waals surface area (Å²) in [5, 5.41) is 1.18. The minimum atomic E-state index is -0.306. The lowest BCUT2D eigenvalue weighted by Gasteiger charge is -2.15. The zero-order valence-corrected chi connectivity index (χ0v) is 15.7. The predicted octanol–water partition coefficient (Wildman–Crippen LogP) is 4.42. The monoisotopic (exact) mass is 372 g/mol. The summed E-state index contributed by atoms with van der Waals surface area (Å²) in [4.78, 5) is 29.4. The quantitative estimate of drug-likeness (QED) is 0.502. The molecule has 3 aromatic rings. The van der Waals surface area contributed by atoms with Crippen molar-refractivity contribution in [3.8, 4) is 5.69 Å². The molecule has 0 aliphatic rings. The fourth-order valence-electron chi connectivity index (χ4n) is 2.45. The van der Waals surface area contributed by atoms with Gasteiger partial charge in [0.1, 0.15) is 5.78 Å². The Balaban J connectivity index is 2.31. The Bertz CT molecular complexity index is 1030. The van der Waals surface area contributed by atoms with E-state index in [4.69, 9.17) is 11.6 Å². The van der Waals surface area contributed by atoms with Gasteiger partial charge in [-0.1, -0.05) is 35.5 Å². The number of halogens is 1. The molecule has 0 bridgehead atoms. The van der Waals surface area contributed by atoms with Crippen LogP contribution in [0.5, 0.6) is 0 Å². The van der Waals surface area contributed by atoms with Crippen LogP contribution >= 0.6 is 23.4 Å². The van der Waals surface area contributed by atoms with Gasteiger partial charge in [-0.3, -0.25) is 14.2 Å². The second-order valence-electron chi connectivity index (χ2n) is 5.91. The van der Waals surface area contributed by atoms with Gasteiger partial charge in [-0.05, 0) is 56.7 Å². The molecule has 0 amide bonds. The van der Waals surface area contributed by atoms with Crippen LogP contribution in [0, 0.1) is 6.92 Å². The second-order valence-corrected chi connectivity index (χ2v) is 7.65. The molecule has 0 N–H and O–H groups in total. The smallest absolute Gasteiger partial charge is 0.266 e. The Morgan fingerprint density at radius 2 is 2.00 bits per heavy atom. The molecule has 128 valence electrons. The number of hydrogen-bond acceptors (Lipinski definition) is 4. The number of Topliss-reactive ketones (excluding diaryl/α,β-unsaturated/α-hetero) is 1. The van der Waals surface area contributed by atoms with Crippen LogP contribution in [0.15, 0.2) is 52.4 Å². The van der Waals surface area contributed by atoms with Crippen LogP contribution in [-0.2, 0) is 4.79 Å². The highest BCUT2D eigenvalue weighted by molar-refractivity contribution is 8.00. The van der Waals surface area contributed by atoms with Crippen molar-refractivity contribution >= 4 is 40.0 Å². The molecule has 0 aliphatic carbocycles. The Morgan fingerprint density at radius 3 is 2.68 bits per heavy atom. The van der Waals surface area contributed by atoms with E-state index in [9.17, 15) is 9.59 Å². The van der Waals surface area contributed by atoms with E-state index in [0.717, 1.165) is 11.3 Å². The Morgan fingerprint density at radius 1 is 1.24 bits per heavy atom. The molecular weight excluding hydrogens is 356 g/mol. The maximum atomic E-state index is 13.1. The standard InChI is InChI=1S/C19H17ClN2O2S/c1-11-5-4-6-15(9-11)22-18(24)16-8-7-14(20)10-17(16)21-19(22)25-13(3)12(2)23/h4-10,13H,1-3H3. The number of carbonyl (C=O) groups is 1. The average molecular weight is 373 g/mol. The van der Waals surface area contributed by atoms with Crippen molar-refractivity contribution in [3.63, 3.8) is 0 Å². The first-order valence-corrected chi connectivity index (χ1v) is 9.09. The molecule has 0 aliphatic heterocycles. The van der Waals surface area contributed by atoms with Crippen molar-refractivity contribution in [3.05, 3.63) is 63.4 Å². The van der Waals surface area contributed by atoms with Crippen LogP contribution in [0.2, 0.25) is 5.02 Å². The first-order valence-electron chi connectivity index (χ1n) is 7.83. The molecule has 2 aromatic carbocycles. The fourth-order valence-corrected chi connectivity index (χ4v) is 3.55. The molecule has 1 aromatic heterocycles. The van der Waals surface area contributed by atoms with E-state index >= 15 is 0 Å². The maximum Gasteiger partial charge on any atom is 0.266 e. The molecule has 3 rings (SSSR count). The molecule has 0 radical (unpaired) electrons. The lowest BCUT2D eigenvalue weighted by atomic mass is 10.2. The Kier molecular flexibility index (Phi) is 4.97. The third-order valence-corrected chi connectivity index (χ3v) is 5.32. The fraction of sp³-hybridized carbons (Fsp3) is 0.211. The van der Waals surface area contributed by atoms with Gasteiger partial charge in [-0.15, -0.1) is 0 Å². The Hall–Kier alpha value is -2.11. The molecule has 1 atom stereocenters. The van der Waals surface area contributed by atoms with E-state index in [0.29, 0.717) is 21.1 Å². The molecule has 1 unspecified atom stereocenters. The van der Waals surface area contributed by atoms with Crippen molar-refractivity contribution in [1.82, 2.24) is 9.55 Å². The molecule has 6 heteroatoms. The summed E-state index contributed by atoms with van der Waals surface area (Å²) in [7, 11) is 0. The highest BCUT2D eigenvalue weighted by atomic mass is 35.5. The van der Waals surface area contributed by atoms with E-state index in [1.54, 1.807) is 22.8 Å². The van der Waals surface area contributed by atoms with Gasteiger partial charge in [0.2, 0.25) is 0 Å². The van der Waals surface area contributed by atoms with Gasteiger partial charge in [-0.25, -0.2) is 4.98 Å². The summed E-state index contributed by atoms with van der Waals surface area (Å²) in [6.45, 7) is 5.31. The van der Waals surface area contributed by atoms with Crippen molar-refractivity contribution in [2.75, 3.05) is 0 Å². The van der Waals surface area contributed by atoms with Crippen LogP contribution in [0.3, 0.4) is 0 Å². The summed E-state index contributed by atoms with van der Waals surface area (Å²) in [6.07, 6.45) is 0. The zero-order chi connectivity index (χ0) is 18.1. The summed E-state index contributed by atoms with van der Waals surface area (Å²) >= 11 is 7.32. The van der Waals surface area contributed by atoms with Gasteiger partial charge in [-0.2, -0.15) is 0 Å². The van der Waals surface area contributed by atoms with E-state index in [1.807, 2.05) is 38.1 Å². The minimum Gasteiger partial charge on any atom is -0.299 e. The third-order valence-electron chi connectivity index (χ3n) is 3.92. The molecular formula is C19H17ClN2O2S. The lowest BCUT2D eigenvalue weighted by Crippen LogP contribution is -2.23. The number of aromatic nitrogens is 2. The number of benzene rings is 2. The van der Waals surface area contributed by atoms with Crippen LogP contribution < -0.4 is 5.56 Å². The first-order chi connectivity index (χ1) is 11.9. The van der Waals surface area contributed by atoms with Gasteiger partial charge in [0.15, 0.2) is 5.16 Å². The van der Waals surface area contributed by atoms with E-state index in [-0.39, 0.29) is 16.6 Å². The Labute approximate surface area is 154 Å². The van der Waals surface area contributed by atoms with Crippen LogP contribution in [0.1, 0.15) is 19.4 Å². The molecule has 1 heterocycles. The third kappa shape index (κ3) is 3.62. The van der Waals surface area contributed by atoms with E-state index < -0.39 is 0 Å². The predicted molar refractivity (Wildman–Crippen MR) is 103 cm³/mol.